The first-order chi connectivity index (χ1) is 12.0. The zero-order valence-electron chi connectivity index (χ0n) is 13.0. The fraction of sp³-hybridized carbons (Fsp3) is 0.267. The van der Waals surface area contributed by atoms with E-state index in [9.17, 15) is 9.59 Å². The Labute approximate surface area is 169 Å². The smallest absolute Gasteiger partial charge is 0.291 e. The lowest BCUT2D eigenvalue weighted by molar-refractivity contribution is -0.131. The molecule has 0 bridgehead atoms. The third kappa shape index (κ3) is 4.10. The lowest BCUT2D eigenvalue weighted by Gasteiger charge is -2.35. The predicted octanol–water partition coefficient (Wildman–Crippen LogP) is 3.19. The van der Waals surface area contributed by atoms with Gasteiger partial charge in [-0.2, -0.15) is 5.10 Å². The maximum Gasteiger partial charge on any atom is 0.291 e. The molecule has 132 valence electrons. The van der Waals surface area contributed by atoms with Crippen molar-refractivity contribution in [1.29, 1.82) is 0 Å². The van der Waals surface area contributed by atoms with E-state index in [0.29, 0.717) is 30.3 Å². The fourth-order valence-corrected chi connectivity index (χ4v) is 4.45. The van der Waals surface area contributed by atoms with Crippen molar-refractivity contribution >= 4 is 63.2 Å². The molecule has 2 aromatic rings. The molecule has 1 aromatic carbocycles. The summed E-state index contributed by atoms with van der Waals surface area (Å²) in [6.45, 7) is 1.72. The van der Waals surface area contributed by atoms with E-state index in [1.807, 2.05) is 24.3 Å². The van der Waals surface area contributed by atoms with Gasteiger partial charge in [-0.15, -0.1) is 0 Å². The van der Waals surface area contributed by atoms with Gasteiger partial charge in [-0.3, -0.25) is 9.59 Å². The van der Waals surface area contributed by atoms with E-state index >= 15 is 0 Å². The molecule has 1 atom stereocenters. The third-order valence-corrected chi connectivity index (χ3v) is 6.53. The van der Waals surface area contributed by atoms with Gasteiger partial charge in [0.2, 0.25) is 5.91 Å². The Kier molecular flexibility index (Phi) is 6.20. The molecule has 1 unspecified atom stereocenters. The Morgan fingerprint density at radius 3 is 2.64 bits per heavy atom. The first-order valence-electron chi connectivity index (χ1n) is 7.42. The fourth-order valence-electron chi connectivity index (χ4n) is 2.62. The molecule has 0 N–H and O–H groups in total. The van der Waals surface area contributed by atoms with Crippen LogP contribution in [0.25, 0.3) is 0 Å². The van der Waals surface area contributed by atoms with E-state index in [1.54, 1.807) is 16.0 Å². The van der Waals surface area contributed by atoms with Crippen LogP contribution in [0.4, 0.5) is 5.69 Å². The number of hydrogen-bond donors (Lipinski definition) is 0. The van der Waals surface area contributed by atoms with Gasteiger partial charge >= 0.3 is 0 Å². The molecule has 1 aromatic heterocycles. The number of piperazine rings is 1. The van der Waals surface area contributed by atoms with Crippen LogP contribution < -0.4 is 10.5 Å². The zero-order valence-corrected chi connectivity index (χ0v) is 17.6. The van der Waals surface area contributed by atoms with Crippen LogP contribution in [-0.2, 0) is 11.3 Å². The third-order valence-electron chi connectivity index (χ3n) is 3.96. The molecule has 1 aliphatic rings. The molecule has 2 heterocycles. The van der Waals surface area contributed by atoms with Crippen molar-refractivity contribution in [3.8, 4) is 0 Å². The largest absolute Gasteiger partial charge is 0.358 e. The highest BCUT2D eigenvalue weighted by Crippen LogP contribution is 2.27. The summed E-state index contributed by atoms with van der Waals surface area (Å²) in [6, 6.07) is 7.48. The number of halogens is 3. The number of anilines is 1. The second kappa shape index (κ2) is 8.20. The van der Waals surface area contributed by atoms with Gasteiger partial charge in [-0.05, 0) is 33.7 Å². The molecule has 0 radical (unpaired) electrons. The highest BCUT2D eigenvalue weighted by molar-refractivity contribution is 14.2. The highest BCUT2D eigenvalue weighted by atomic mass is 127. The molecule has 25 heavy (non-hydrogen) atoms. The predicted molar refractivity (Wildman–Crippen MR) is 110 cm³/mol. The second-order valence-electron chi connectivity index (χ2n) is 5.47. The number of aromatic nitrogens is 2. The van der Waals surface area contributed by atoms with Crippen molar-refractivity contribution in [2.45, 2.75) is 6.54 Å². The van der Waals surface area contributed by atoms with Gasteiger partial charge in [0.25, 0.3) is 5.56 Å². The van der Waals surface area contributed by atoms with Gasteiger partial charge in [0.15, 0.2) is 0 Å². The van der Waals surface area contributed by atoms with Gasteiger partial charge in [-0.25, -0.2) is 4.45 Å². The number of amides is 1. The van der Waals surface area contributed by atoms with E-state index in [4.69, 9.17) is 23.2 Å². The Balaban J connectivity index is 1.74. The molecule has 1 saturated heterocycles. The number of rotatable bonds is 4. The maximum absolute atomic E-state index is 12.5. The molecule has 10 heteroatoms. The van der Waals surface area contributed by atoms with E-state index < -0.39 is 0 Å². The van der Waals surface area contributed by atoms with Crippen LogP contribution in [0, 0.1) is 0 Å². The van der Waals surface area contributed by atoms with Crippen LogP contribution in [0.15, 0.2) is 35.3 Å². The number of carbonyl (C=O) groups is 1. The minimum Gasteiger partial charge on any atom is -0.358 e. The molecule has 0 saturated carbocycles. The van der Waals surface area contributed by atoms with E-state index in [2.05, 4.69) is 27.1 Å². The summed E-state index contributed by atoms with van der Waals surface area (Å²) in [5.41, 5.74) is 1.08. The van der Waals surface area contributed by atoms with E-state index in [0.717, 1.165) is 5.56 Å². The standard InChI is InChI=1S/C15H14Cl2IN4O2P/c16-11-4-2-1-3-10(11)8-21-6-5-20(9-13(21)23)12-7-19-22(25-18)15(24)14(12)17/h1-4,7,25H,5-6,8-9H2. The van der Waals surface area contributed by atoms with Crippen LogP contribution in [0.3, 0.4) is 0 Å². The first kappa shape index (κ1) is 18.9. The molecule has 0 spiro atoms. The molecule has 1 aliphatic heterocycles. The Bertz CT molecular complexity index is 864. The molecule has 0 aliphatic carbocycles. The molecule has 1 amide bonds. The minimum absolute atomic E-state index is 0.0396. The summed E-state index contributed by atoms with van der Waals surface area (Å²) in [6.07, 6.45) is 1.72. The average molecular weight is 511 g/mol. The van der Waals surface area contributed by atoms with Crippen molar-refractivity contribution in [1.82, 2.24) is 14.5 Å². The number of benzene rings is 1. The Hall–Kier alpha value is -0.890. The highest BCUT2D eigenvalue weighted by Gasteiger charge is 2.27. The average Bonchev–Trinajstić information content (AvgIpc) is 2.61. The summed E-state index contributed by atoms with van der Waals surface area (Å²) in [4.78, 5) is 28.2. The molecule has 6 nitrogen and oxygen atoms in total. The molecule has 3 rings (SSSR count). The van der Waals surface area contributed by atoms with Crippen LogP contribution >= 0.6 is 51.6 Å². The van der Waals surface area contributed by atoms with Gasteiger partial charge in [0, 0.05) is 24.7 Å². The van der Waals surface area contributed by atoms with Crippen molar-refractivity contribution in [2.75, 3.05) is 24.5 Å². The summed E-state index contributed by atoms with van der Waals surface area (Å²) >= 11 is 14.4. The van der Waals surface area contributed by atoms with Gasteiger partial charge in [-0.1, -0.05) is 41.4 Å². The van der Waals surface area contributed by atoms with Gasteiger partial charge in [0.1, 0.15) is 5.02 Å². The van der Waals surface area contributed by atoms with Crippen LogP contribution in [0.5, 0.6) is 0 Å². The SMILES string of the molecule is O=C1CN(c2cnn(PI)c(=O)c2Cl)CCN1Cc1ccccc1Cl. The summed E-state index contributed by atoms with van der Waals surface area (Å²) in [5.74, 6) is -0.0396. The Morgan fingerprint density at radius 1 is 1.20 bits per heavy atom. The van der Waals surface area contributed by atoms with Crippen molar-refractivity contribution < 1.29 is 4.79 Å². The maximum atomic E-state index is 12.5. The van der Waals surface area contributed by atoms with Crippen molar-refractivity contribution in [3.63, 3.8) is 0 Å². The lowest BCUT2D eigenvalue weighted by atomic mass is 10.2. The molecule has 1 fully saturated rings. The monoisotopic (exact) mass is 510 g/mol. The van der Waals surface area contributed by atoms with Crippen LogP contribution in [0.2, 0.25) is 10.0 Å². The van der Waals surface area contributed by atoms with Gasteiger partial charge in [0.05, 0.1) is 24.8 Å². The van der Waals surface area contributed by atoms with Crippen LogP contribution in [0.1, 0.15) is 5.56 Å². The summed E-state index contributed by atoms with van der Waals surface area (Å²) in [7, 11) is 0. The number of nitrogens with zero attached hydrogens (tertiary/aromatic N) is 4. The quantitative estimate of drug-likeness (QED) is 0.468. The number of hydrogen-bond acceptors (Lipinski definition) is 4. The van der Waals surface area contributed by atoms with E-state index in [-0.39, 0.29) is 29.4 Å². The topological polar surface area (TPSA) is 58.4 Å². The minimum atomic E-state index is -0.335. The normalized spacial score (nSPS) is 15.4. The summed E-state index contributed by atoms with van der Waals surface area (Å²) in [5, 5.41) is 4.85. The lowest BCUT2D eigenvalue weighted by Crippen LogP contribution is -2.50. The van der Waals surface area contributed by atoms with Crippen molar-refractivity contribution in [3.05, 3.63) is 56.4 Å². The van der Waals surface area contributed by atoms with Crippen molar-refractivity contribution in [2.24, 2.45) is 0 Å². The first-order valence-corrected chi connectivity index (χ1v) is 12.2. The van der Waals surface area contributed by atoms with Gasteiger partial charge < -0.3 is 9.80 Å². The number of carbonyl (C=O) groups excluding carboxylic acids is 1. The second-order valence-corrected chi connectivity index (χ2v) is 8.30. The summed E-state index contributed by atoms with van der Waals surface area (Å²) < 4.78 is 1.31. The van der Waals surface area contributed by atoms with E-state index in [1.165, 1.54) is 4.45 Å². The molecular formula is C15H14Cl2IN4O2P. The Morgan fingerprint density at radius 2 is 1.96 bits per heavy atom. The van der Waals surface area contributed by atoms with Crippen LogP contribution in [-0.4, -0.2) is 40.0 Å². The zero-order chi connectivity index (χ0) is 18.0. The molecular weight excluding hydrogens is 497 g/mol.